The molecule has 1 nitrogen and oxygen atoms in total. The Balaban J connectivity index is 1.51. The third-order valence-electron chi connectivity index (χ3n) is 8.92. The van der Waals surface area contributed by atoms with E-state index in [-0.39, 0.29) is 10.8 Å². The van der Waals surface area contributed by atoms with Crippen molar-refractivity contribution < 1.29 is 0 Å². The summed E-state index contributed by atoms with van der Waals surface area (Å²) < 4.78 is 0. The van der Waals surface area contributed by atoms with Crippen molar-refractivity contribution in [2.45, 2.75) is 102 Å². The summed E-state index contributed by atoms with van der Waals surface area (Å²) in [5, 5.41) is 3.76. The fourth-order valence-corrected chi connectivity index (χ4v) is 6.37. The second-order valence-corrected chi connectivity index (χ2v) is 12.0. The molecular weight excluding hydrogens is 350 g/mol. The van der Waals surface area contributed by atoms with Gasteiger partial charge in [0.05, 0.1) is 0 Å². The number of benzene rings is 2. The summed E-state index contributed by atoms with van der Waals surface area (Å²) in [6, 6.07) is 14.3. The van der Waals surface area contributed by atoms with Crippen LogP contribution in [-0.4, -0.2) is 0 Å². The Morgan fingerprint density at radius 2 is 0.966 bits per heavy atom. The fraction of sp³-hybridized carbons (Fsp3) is 0.571. The molecule has 0 radical (unpaired) electrons. The molecule has 1 fully saturated rings. The van der Waals surface area contributed by atoms with Crippen LogP contribution in [0.1, 0.15) is 102 Å². The topological polar surface area (TPSA) is 12.0 Å². The summed E-state index contributed by atoms with van der Waals surface area (Å²) >= 11 is 0. The highest BCUT2D eigenvalue weighted by atomic mass is 14.9. The van der Waals surface area contributed by atoms with Gasteiger partial charge in [-0.2, -0.15) is 0 Å². The predicted molar refractivity (Wildman–Crippen MR) is 125 cm³/mol. The average Bonchev–Trinajstić information content (AvgIpc) is 2.67. The summed E-state index contributed by atoms with van der Waals surface area (Å²) in [7, 11) is 0. The summed E-state index contributed by atoms with van der Waals surface area (Å²) in [6.07, 6.45) is 7.89. The Morgan fingerprint density at radius 1 is 0.517 bits per heavy atom. The Hall–Kier alpha value is -1.76. The average molecular weight is 388 g/mol. The van der Waals surface area contributed by atoms with Crippen LogP contribution >= 0.6 is 0 Å². The van der Waals surface area contributed by atoms with Gasteiger partial charge in [0.15, 0.2) is 0 Å². The molecule has 0 aromatic heterocycles. The smallest absolute Gasteiger partial charge is 0.0387 e. The van der Waals surface area contributed by atoms with Crippen LogP contribution in [0.4, 0.5) is 11.4 Å². The molecule has 0 spiro atoms. The van der Waals surface area contributed by atoms with Crippen molar-refractivity contribution in [1.82, 2.24) is 0 Å². The zero-order valence-corrected chi connectivity index (χ0v) is 19.2. The van der Waals surface area contributed by atoms with Gasteiger partial charge >= 0.3 is 0 Å². The first-order valence-electron chi connectivity index (χ1n) is 11.6. The number of rotatable bonds is 2. The van der Waals surface area contributed by atoms with Crippen molar-refractivity contribution in [3.8, 4) is 0 Å². The maximum Gasteiger partial charge on any atom is 0.0387 e. The van der Waals surface area contributed by atoms with Crippen molar-refractivity contribution in [2.75, 3.05) is 5.32 Å². The Morgan fingerprint density at radius 3 is 1.55 bits per heavy atom. The third-order valence-corrected chi connectivity index (χ3v) is 8.92. The fourth-order valence-electron chi connectivity index (χ4n) is 6.37. The van der Waals surface area contributed by atoms with E-state index in [0.717, 1.165) is 0 Å². The van der Waals surface area contributed by atoms with Crippen LogP contribution < -0.4 is 5.32 Å². The van der Waals surface area contributed by atoms with E-state index in [4.69, 9.17) is 0 Å². The molecule has 0 saturated heterocycles. The van der Waals surface area contributed by atoms with Gasteiger partial charge in [-0.3, -0.25) is 0 Å². The van der Waals surface area contributed by atoms with Crippen molar-refractivity contribution in [2.24, 2.45) is 0 Å². The first-order valence-corrected chi connectivity index (χ1v) is 11.6. The minimum Gasteiger partial charge on any atom is -0.356 e. The van der Waals surface area contributed by atoms with Gasteiger partial charge < -0.3 is 5.32 Å². The Kier molecular flexibility index (Phi) is 3.91. The largest absolute Gasteiger partial charge is 0.356 e. The molecule has 0 heterocycles. The van der Waals surface area contributed by atoms with Crippen LogP contribution in [-0.2, 0) is 21.7 Å². The monoisotopic (exact) mass is 387 g/mol. The van der Waals surface area contributed by atoms with Crippen molar-refractivity contribution in [1.29, 1.82) is 0 Å². The molecule has 0 atom stereocenters. The highest BCUT2D eigenvalue weighted by Crippen LogP contribution is 2.56. The highest BCUT2D eigenvalue weighted by molar-refractivity contribution is 5.65. The molecule has 1 heteroatoms. The summed E-state index contributed by atoms with van der Waals surface area (Å²) in [6.45, 7) is 14.6. The molecule has 2 bridgehead atoms. The standard InChI is InChI=1S/C28H37N/c1-25(2)11-12-26(3,4)23-17-19(7-9-21(23)25)29-20-8-10-22-24(18-20)28(6)15-13-27(22,5)14-16-28/h7-10,17-18,29H,11-16H2,1-6H3. The minimum absolute atomic E-state index is 0.250. The lowest BCUT2D eigenvalue weighted by atomic mass is 9.52. The first-order chi connectivity index (χ1) is 13.5. The Bertz CT molecular complexity index is 932. The minimum atomic E-state index is 0.250. The highest BCUT2D eigenvalue weighted by Gasteiger charge is 2.47. The van der Waals surface area contributed by atoms with Crippen LogP contribution in [0.25, 0.3) is 0 Å². The van der Waals surface area contributed by atoms with Crippen molar-refractivity contribution in [3.05, 3.63) is 58.7 Å². The van der Waals surface area contributed by atoms with E-state index in [9.17, 15) is 0 Å². The van der Waals surface area contributed by atoms with Crippen LogP contribution in [0.3, 0.4) is 0 Å². The number of hydrogen-bond acceptors (Lipinski definition) is 1. The van der Waals surface area contributed by atoms with E-state index in [1.165, 1.54) is 61.0 Å². The first kappa shape index (κ1) is 19.2. The molecule has 2 aromatic carbocycles. The summed E-state index contributed by atoms with van der Waals surface area (Å²) in [5.74, 6) is 0. The van der Waals surface area contributed by atoms with Crippen LogP contribution in [0.2, 0.25) is 0 Å². The van der Waals surface area contributed by atoms with Crippen molar-refractivity contribution in [3.63, 3.8) is 0 Å². The van der Waals surface area contributed by atoms with E-state index in [2.05, 4.69) is 83.3 Å². The molecule has 4 aliphatic carbocycles. The molecule has 29 heavy (non-hydrogen) atoms. The lowest BCUT2D eigenvalue weighted by Gasteiger charge is -2.52. The lowest BCUT2D eigenvalue weighted by Crippen LogP contribution is -2.44. The second kappa shape index (κ2) is 5.90. The van der Waals surface area contributed by atoms with Gasteiger partial charge in [-0.25, -0.2) is 0 Å². The van der Waals surface area contributed by atoms with Crippen molar-refractivity contribution >= 4 is 11.4 Å². The van der Waals surface area contributed by atoms with Gasteiger partial charge in [0.2, 0.25) is 0 Å². The van der Waals surface area contributed by atoms with Gasteiger partial charge in [0, 0.05) is 11.4 Å². The van der Waals surface area contributed by atoms with Gasteiger partial charge in [0.1, 0.15) is 0 Å². The number of nitrogens with one attached hydrogen (secondary N) is 1. The molecule has 6 rings (SSSR count). The molecule has 0 aliphatic heterocycles. The van der Waals surface area contributed by atoms with E-state index >= 15 is 0 Å². The SMILES string of the molecule is CC1(C)CCC(C)(C)c2cc(Nc3ccc4c(c3)C3(C)CCC4(C)CC3)ccc21. The maximum atomic E-state index is 3.76. The number of hydrogen-bond donors (Lipinski definition) is 1. The Labute approximate surface area is 177 Å². The normalized spacial score (nSPS) is 31.1. The van der Waals surface area contributed by atoms with Gasteiger partial charge in [-0.15, -0.1) is 0 Å². The molecule has 2 aromatic rings. The zero-order valence-electron chi connectivity index (χ0n) is 19.2. The van der Waals surface area contributed by atoms with E-state index < -0.39 is 0 Å². The summed E-state index contributed by atoms with van der Waals surface area (Å²) in [5.41, 5.74) is 10.0. The van der Waals surface area contributed by atoms with Gasteiger partial charge in [0.25, 0.3) is 0 Å². The second-order valence-electron chi connectivity index (χ2n) is 12.0. The maximum absolute atomic E-state index is 3.76. The van der Waals surface area contributed by atoms with Gasteiger partial charge in [-0.1, -0.05) is 53.7 Å². The quantitative estimate of drug-likeness (QED) is 0.552. The van der Waals surface area contributed by atoms with E-state index in [1.54, 1.807) is 11.1 Å². The third kappa shape index (κ3) is 2.87. The molecule has 1 saturated carbocycles. The van der Waals surface area contributed by atoms with Crippen LogP contribution in [0.15, 0.2) is 36.4 Å². The van der Waals surface area contributed by atoms with Crippen LogP contribution in [0, 0.1) is 0 Å². The molecular formula is C28H37N. The zero-order chi connectivity index (χ0) is 20.7. The lowest BCUT2D eigenvalue weighted by molar-refractivity contribution is 0.188. The van der Waals surface area contributed by atoms with E-state index in [0.29, 0.717) is 10.8 Å². The van der Waals surface area contributed by atoms with Gasteiger partial charge in [-0.05, 0) is 107 Å². The molecule has 154 valence electrons. The van der Waals surface area contributed by atoms with Crippen LogP contribution in [0.5, 0.6) is 0 Å². The number of anilines is 2. The number of fused-ring (bicyclic) bond motifs is 3. The summed E-state index contributed by atoms with van der Waals surface area (Å²) in [4.78, 5) is 0. The molecule has 0 amide bonds. The van der Waals surface area contributed by atoms with E-state index in [1.807, 2.05) is 0 Å². The predicted octanol–water partition coefficient (Wildman–Crippen LogP) is 7.88. The molecule has 1 N–H and O–H groups in total. The molecule has 0 unspecified atom stereocenters. The molecule has 4 aliphatic rings.